The molecule has 0 aromatic heterocycles. The number of piperidine rings is 1. The summed E-state index contributed by atoms with van der Waals surface area (Å²) in [7, 11) is 0. The van der Waals surface area contributed by atoms with E-state index in [4.69, 9.17) is 0 Å². The minimum absolute atomic E-state index is 0.822. The van der Waals surface area contributed by atoms with Crippen LogP contribution in [0.2, 0.25) is 0 Å². The number of rotatable bonds is 6. The number of anilines is 1. The molecule has 2 rings (SSSR count). The lowest BCUT2D eigenvalue weighted by atomic mass is 9.86. The standard InChI is InChI=1S/C18H29BrN2/c1-4-9-20-13-15-5-6-18(17(19)12-15)21-10-7-16(8-11-21)14(2)3/h5-6,12,14,16,20H,4,7-11,13H2,1-3H3. The maximum atomic E-state index is 3.77. The van der Waals surface area contributed by atoms with Crippen molar-refractivity contribution in [1.82, 2.24) is 5.32 Å². The first kappa shape index (κ1) is 16.8. The quantitative estimate of drug-likeness (QED) is 0.738. The van der Waals surface area contributed by atoms with E-state index in [2.05, 4.69) is 65.1 Å². The van der Waals surface area contributed by atoms with Crippen molar-refractivity contribution in [2.45, 2.75) is 46.6 Å². The predicted molar refractivity (Wildman–Crippen MR) is 95.9 cm³/mol. The fourth-order valence-corrected chi connectivity index (χ4v) is 3.81. The fraction of sp³-hybridized carbons (Fsp3) is 0.667. The molecule has 0 radical (unpaired) electrons. The Morgan fingerprint density at radius 3 is 2.57 bits per heavy atom. The second kappa shape index (κ2) is 8.19. The Bertz CT molecular complexity index is 437. The highest BCUT2D eigenvalue weighted by molar-refractivity contribution is 9.10. The SMILES string of the molecule is CCCNCc1ccc(N2CCC(C(C)C)CC2)c(Br)c1. The maximum Gasteiger partial charge on any atom is 0.0510 e. The van der Waals surface area contributed by atoms with Crippen LogP contribution in [-0.4, -0.2) is 19.6 Å². The molecule has 21 heavy (non-hydrogen) atoms. The average Bonchev–Trinajstić information content (AvgIpc) is 2.48. The smallest absolute Gasteiger partial charge is 0.0510 e. The van der Waals surface area contributed by atoms with E-state index in [1.54, 1.807) is 0 Å². The highest BCUT2D eigenvalue weighted by Gasteiger charge is 2.22. The van der Waals surface area contributed by atoms with Crippen molar-refractivity contribution in [2.24, 2.45) is 11.8 Å². The van der Waals surface area contributed by atoms with E-state index in [1.165, 1.54) is 48.1 Å². The number of hydrogen-bond donors (Lipinski definition) is 1. The lowest BCUT2D eigenvalue weighted by Crippen LogP contribution is -2.35. The van der Waals surface area contributed by atoms with E-state index in [0.717, 1.165) is 24.9 Å². The summed E-state index contributed by atoms with van der Waals surface area (Å²) in [4.78, 5) is 2.53. The van der Waals surface area contributed by atoms with Crippen molar-refractivity contribution >= 4 is 21.6 Å². The van der Waals surface area contributed by atoms with Gasteiger partial charge in [0.1, 0.15) is 0 Å². The van der Waals surface area contributed by atoms with Gasteiger partial charge < -0.3 is 10.2 Å². The Hall–Kier alpha value is -0.540. The summed E-state index contributed by atoms with van der Waals surface area (Å²) in [5.41, 5.74) is 2.72. The molecular weight excluding hydrogens is 324 g/mol. The Morgan fingerprint density at radius 1 is 1.29 bits per heavy atom. The van der Waals surface area contributed by atoms with Crippen LogP contribution < -0.4 is 10.2 Å². The molecule has 118 valence electrons. The lowest BCUT2D eigenvalue weighted by Gasteiger charge is -2.36. The van der Waals surface area contributed by atoms with Crippen LogP contribution in [0.1, 0.15) is 45.6 Å². The molecule has 1 N–H and O–H groups in total. The highest BCUT2D eigenvalue weighted by Crippen LogP contribution is 2.32. The first-order chi connectivity index (χ1) is 10.1. The first-order valence-corrected chi connectivity index (χ1v) is 9.15. The van der Waals surface area contributed by atoms with Gasteiger partial charge in [0, 0.05) is 24.1 Å². The largest absolute Gasteiger partial charge is 0.371 e. The Balaban J connectivity index is 1.95. The Kier molecular flexibility index (Phi) is 6.56. The molecule has 0 aliphatic carbocycles. The van der Waals surface area contributed by atoms with Crippen molar-refractivity contribution in [2.75, 3.05) is 24.5 Å². The van der Waals surface area contributed by atoms with Gasteiger partial charge in [0.15, 0.2) is 0 Å². The summed E-state index contributed by atoms with van der Waals surface area (Å²) in [6.45, 7) is 11.3. The zero-order chi connectivity index (χ0) is 15.2. The molecule has 1 aromatic rings. The molecule has 1 heterocycles. The van der Waals surface area contributed by atoms with Gasteiger partial charge in [-0.25, -0.2) is 0 Å². The molecule has 1 saturated heterocycles. The molecule has 0 saturated carbocycles. The number of benzene rings is 1. The third-order valence-electron chi connectivity index (χ3n) is 4.59. The summed E-state index contributed by atoms with van der Waals surface area (Å²) in [5, 5.41) is 3.46. The average molecular weight is 353 g/mol. The van der Waals surface area contributed by atoms with Crippen LogP contribution in [-0.2, 0) is 6.54 Å². The molecule has 3 heteroatoms. The van der Waals surface area contributed by atoms with Gasteiger partial charge in [-0.15, -0.1) is 0 Å². The van der Waals surface area contributed by atoms with Crippen LogP contribution in [0.3, 0.4) is 0 Å². The van der Waals surface area contributed by atoms with Crippen molar-refractivity contribution in [3.63, 3.8) is 0 Å². The second-order valence-corrected chi connectivity index (χ2v) is 7.39. The van der Waals surface area contributed by atoms with Gasteiger partial charge >= 0.3 is 0 Å². The van der Waals surface area contributed by atoms with Crippen LogP contribution in [0, 0.1) is 11.8 Å². The van der Waals surface area contributed by atoms with Crippen LogP contribution in [0.25, 0.3) is 0 Å². The predicted octanol–water partition coefficient (Wildman–Crippen LogP) is 4.82. The molecule has 1 aromatic carbocycles. The molecule has 1 aliphatic rings. The van der Waals surface area contributed by atoms with Gasteiger partial charge in [0.25, 0.3) is 0 Å². The van der Waals surface area contributed by atoms with Gasteiger partial charge in [0.05, 0.1) is 5.69 Å². The molecule has 0 spiro atoms. The van der Waals surface area contributed by atoms with Crippen molar-refractivity contribution < 1.29 is 0 Å². The Labute approximate surface area is 138 Å². The van der Waals surface area contributed by atoms with Gasteiger partial charge in [-0.2, -0.15) is 0 Å². The fourth-order valence-electron chi connectivity index (χ4n) is 3.13. The zero-order valence-electron chi connectivity index (χ0n) is 13.7. The summed E-state index contributed by atoms with van der Waals surface area (Å²) >= 11 is 3.77. The first-order valence-electron chi connectivity index (χ1n) is 8.36. The molecule has 0 unspecified atom stereocenters. The molecule has 2 nitrogen and oxygen atoms in total. The van der Waals surface area contributed by atoms with Crippen LogP contribution in [0.15, 0.2) is 22.7 Å². The van der Waals surface area contributed by atoms with Gasteiger partial charge in [0.2, 0.25) is 0 Å². The minimum atomic E-state index is 0.822. The topological polar surface area (TPSA) is 15.3 Å². The molecular formula is C18H29BrN2. The minimum Gasteiger partial charge on any atom is -0.371 e. The molecule has 0 amide bonds. The molecule has 1 aliphatic heterocycles. The summed E-state index contributed by atoms with van der Waals surface area (Å²) in [6.07, 6.45) is 3.83. The number of halogens is 1. The van der Waals surface area contributed by atoms with Crippen LogP contribution >= 0.6 is 15.9 Å². The van der Waals surface area contributed by atoms with Gasteiger partial charge in [-0.3, -0.25) is 0 Å². The van der Waals surface area contributed by atoms with E-state index >= 15 is 0 Å². The van der Waals surface area contributed by atoms with E-state index in [-0.39, 0.29) is 0 Å². The molecule has 0 atom stereocenters. The Morgan fingerprint density at radius 2 is 2.00 bits per heavy atom. The van der Waals surface area contributed by atoms with E-state index in [1.807, 2.05) is 0 Å². The third kappa shape index (κ3) is 4.72. The zero-order valence-corrected chi connectivity index (χ0v) is 15.2. The van der Waals surface area contributed by atoms with Crippen molar-refractivity contribution in [1.29, 1.82) is 0 Å². The summed E-state index contributed by atoms with van der Waals surface area (Å²) in [6, 6.07) is 6.81. The van der Waals surface area contributed by atoms with Crippen molar-refractivity contribution in [3.8, 4) is 0 Å². The highest BCUT2D eigenvalue weighted by atomic mass is 79.9. The summed E-state index contributed by atoms with van der Waals surface area (Å²) < 4.78 is 1.24. The van der Waals surface area contributed by atoms with Crippen molar-refractivity contribution in [3.05, 3.63) is 28.2 Å². The summed E-state index contributed by atoms with van der Waals surface area (Å²) in [5.74, 6) is 1.72. The van der Waals surface area contributed by atoms with Gasteiger partial charge in [-0.05, 0) is 71.3 Å². The molecule has 0 bridgehead atoms. The van der Waals surface area contributed by atoms with E-state index in [9.17, 15) is 0 Å². The normalized spacial score (nSPS) is 16.7. The maximum absolute atomic E-state index is 3.77. The third-order valence-corrected chi connectivity index (χ3v) is 5.23. The van der Waals surface area contributed by atoms with E-state index < -0.39 is 0 Å². The van der Waals surface area contributed by atoms with Crippen LogP contribution in [0.5, 0.6) is 0 Å². The van der Waals surface area contributed by atoms with Crippen LogP contribution in [0.4, 0.5) is 5.69 Å². The molecule has 1 fully saturated rings. The number of nitrogens with one attached hydrogen (secondary N) is 1. The van der Waals surface area contributed by atoms with E-state index in [0.29, 0.717) is 0 Å². The second-order valence-electron chi connectivity index (χ2n) is 6.53. The number of nitrogens with zero attached hydrogens (tertiary/aromatic N) is 1. The monoisotopic (exact) mass is 352 g/mol. The van der Waals surface area contributed by atoms with Gasteiger partial charge in [-0.1, -0.05) is 26.8 Å². The lowest BCUT2D eigenvalue weighted by molar-refractivity contribution is 0.311. The number of hydrogen-bond acceptors (Lipinski definition) is 2.